The minimum Gasteiger partial charge on any atom is -0.317 e. The number of aryl methyl sites for hydroxylation is 3. The summed E-state index contributed by atoms with van der Waals surface area (Å²) in [7, 11) is -0.584. The highest BCUT2D eigenvalue weighted by atomic mass is 32.2. The molecule has 0 fully saturated rings. The average Bonchev–Trinajstić information content (AvgIpc) is 2.97. The van der Waals surface area contributed by atoms with E-state index in [0.29, 0.717) is 16.9 Å². The summed E-state index contributed by atoms with van der Waals surface area (Å²) in [5.74, 6) is -0.393. The van der Waals surface area contributed by atoms with Crippen LogP contribution in [0.3, 0.4) is 0 Å². The number of amides is 1. The number of sulfonamides is 1. The molecule has 0 bridgehead atoms. The molecule has 8 heteroatoms. The molecule has 1 amide bonds. The molecule has 3 rings (SSSR count). The summed E-state index contributed by atoms with van der Waals surface area (Å²) in [6.07, 6.45) is 0. The van der Waals surface area contributed by atoms with Crippen molar-refractivity contribution in [2.45, 2.75) is 32.2 Å². The summed E-state index contributed by atoms with van der Waals surface area (Å²) < 4.78 is 28.6. The lowest BCUT2D eigenvalue weighted by molar-refractivity contribution is 0.0997. The molecule has 0 unspecified atom stereocenters. The minimum absolute atomic E-state index is 0.144. The first-order valence-corrected chi connectivity index (χ1v) is 11.1. The Morgan fingerprint density at radius 1 is 1.11 bits per heavy atom. The molecule has 3 aromatic rings. The second-order valence-corrected chi connectivity index (χ2v) is 9.92. The number of thiazole rings is 1. The second-order valence-electron chi connectivity index (χ2n) is 6.76. The zero-order valence-corrected chi connectivity index (χ0v) is 18.2. The van der Waals surface area contributed by atoms with Crippen LogP contribution in [-0.4, -0.2) is 37.3 Å². The first kappa shape index (κ1) is 20.4. The zero-order chi connectivity index (χ0) is 20.6. The Kier molecular flexibility index (Phi) is 5.56. The predicted octanol–water partition coefficient (Wildman–Crippen LogP) is 3.33. The Balaban J connectivity index is 2.03. The molecule has 0 aliphatic heterocycles. The van der Waals surface area contributed by atoms with E-state index in [-0.39, 0.29) is 4.90 Å². The van der Waals surface area contributed by atoms with Crippen LogP contribution >= 0.6 is 11.3 Å². The van der Waals surface area contributed by atoms with Crippen molar-refractivity contribution in [1.29, 1.82) is 0 Å². The van der Waals surface area contributed by atoms with Crippen molar-refractivity contribution in [2.75, 3.05) is 14.1 Å². The number of hydrogen-bond acceptors (Lipinski definition) is 4. The first-order valence-electron chi connectivity index (χ1n) is 8.87. The lowest BCUT2D eigenvalue weighted by atomic mass is 10.1. The van der Waals surface area contributed by atoms with Gasteiger partial charge in [0, 0.05) is 26.2 Å². The molecular weight excluding hydrogens is 394 g/mol. The number of nitrogens with zero attached hydrogens (tertiary/aromatic N) is 3. The maximum atomic E-state index is 12.7. The lowest BCUT2D eigenvalue weighted by Gasteiger charge is -2.11. The van der Waals surface area contributed by atoms with E-state index in [4.69, 9.17) is 0 Å². The van der Waals surface area contributed by atoms with Gasteiger partial charge in [0.1, 0.15) is 0 Å². The van der Waals surface area contributed by atoms with E-state index in [1.807, 2.05) is 11.5 Å². The summed E-state index contributed by atoms with van der Waals surface area (Å²) >= 11 is 1.48. The van der Waals surface area contributed by atoms with Gasteiger partial charge in [0.25, 0.3) is 5.91 Å². The monoisotopic (exact) mass is 417 g/mol. The molecule has 2 aromatic carbocycles. The number of aromatic nitrogens is 1. The largest absolute Gasteiger partial charge is 0.317 e. The third-order valence-electron chi connectivity index (χ3n) is 4.69. The fourth-order valence-electron chi connectivity index (χ4n) is 2.84. The smallest absolute Gasteiger partial charge is 0.279 e. The maximum absolute atomic E-state index is 12.7. The highest BCUT2D eigenvalue weighted by Gasteiger charge is 2.17. The number of rotatable bonds is 4. The SMILES string of the molecule is CCn1c(=NC(=O)c2ccc(S(=O)(=O)N(C)C)cc2)sc2cc(C)c(C)cc21. The van der Waals surface area contributed by atoms with E-state index in [1.54, 1.807) is 0 Å². The number of benzene rings is 2. The summed E-state index contributed by atoms with van der Waals surface area (Å²) in [5.41, 5.74) is 3.82. The van der Waals surface area contributed by atoms with Gasteiger partial charge >= 0.3 is 0 Å². The van der Waals surface area contributed by atoms with Crippen LogP contribution in [-0.2, 0) is 16.6 Å². The van der Waals surface area contributed by atoms with Crippen LogP contribution in [0.25, 0.3) is 10.2 Å². The van der Waals surface area contributed by atoms with Crippen LogP contribution < -0.4 is 4.80 Å². The standard InChI is InChI=1S/C20H23N3O3S2/c1-6-23-17-11-13(2)14(3)12-18(17)27-20(23)21-19(24)15-7-9-16(10-8-15)28(25,26)22(4)5/h7-12H,6H2,1-5H3. The van der Waals surface area contributed by atoms with Crippen molar-refractivity contribution in [3.63, 3.8) is 0 Å². The molecule has 0 radical (unpaired) electrons. The van der Waals surface area contributed by atoms with Crippen molar-refractivity contribution in [2.24, 2.45) is 4.99 Å². The van der Waals surface area contributed by atoms with Crippen LogP contribution in [0, 0.1) is 13.8 Å². The maximum Gasteiger partial charge on any atom is 0.279 e. The number of fused-ring (bicyclic) bond motifs is 1. The topological polar surface area (TPSA) is 71.7 Å². The van der Waals surface area contributed by atoms with E-state index in [0.717, 1.165) is 14.5 Å². The molecule has 6 nitrogen and oxygen atoms in total. The molecule has 0 aliphatic carbocycles. The minimum atomic E-state index is -3.53. The normalized spacial score (nSPS) is 12.9. The quantitative estimate of drug-likeness (QED) is 0.654. The van der Waals surface area contributed by atoms with Gasteiger partial charge in [-0.2, -0.15) is 4.99 Å². The molecule has 0 saturated carbocycles. The van der Waals surface area contributed by atoms with Gasteiger partial charge in [0.05, 0.1) is 15.1 Å². The summed E-state index contributed by atoms with van der Waals surface area (Å²) in [6.45, 7) is 6.86. The Labute approximate surface area is 168 Å². The second kappa shape index (κ2) is 7.62. The molecular formula is C20H23N3O3S2. The third-order valence-corrected chi connectivity index (χ3v) is 7.56. The van der Waals surface area contributed by atoms with Gasteiger partial charge in [-0.1, -0.05) is 11.3 Å². The average molecular weight is 418 g/mol. The van der Waals surface area contributed by atoms with Crippen molar-refractivity contribution in [3.8, 4) is 0 Å². The summed E-state index contributed by atoms with van der Waals surface area (Å²) in [6, 6.07) is 10.1. The van der Waals surface area contributed by atoms with Crippen LogP contribution in [0.2, 0.25) is 0 Å². The van der Waals surface area contributed by atoms with Crippen molar-refractivity contribution >= 4 is 37.5 Å². The summed E-state index contributed by atoms with van der Waals surface area (Å²) in [4.78, 5) is 17.7. The number of carbonyl (C=O) groups excluding carboxylic acids is 1. The van der Waals surface area contributed by atoms with Crippen molar-refractivity contribution < 1.29 is 13.2 Å². The van der Waals surface area contributed by atoms with Gasteiger partial charge in [0.2, 0.25) is 10.0 Å². The lowest BCUT2D eigenvalue weighted by Crippen LogP contribution is -2.22. The van der Waals surface area contributed by atoms with E-state index in [1.165, 1.54) is 60.8 Å². The number of hydrogen-bond donors (Lipinski definition) is 0. The van der Waals surface area contributed by atoms with E-state index >= 15 is 0 Å². The predicted molar refractivity (Wildman–Crippen MR) is 112 cm³/mol. The molecule has 1 heterocycles. The van der Waals surface area contributed by atoms with Crippen LogP contribution in [0.15, 0.2) is 46.3 Å². The van der Waals surface area contributed by atoms with Gasteiger partial charge < -0.3 is 4.57 Å². The van der Waals surface area contributed by atoms with Crippen LogP contribution in [0.1, 0.15) is 28.4 Å². The first-order chi connectivity index (χ1) is 13.1. The Hall–Kier alpha value is -2.29. The van der Waals surface area contributed by atoms with Crippen LogP contribution in [0.4, 0.5) is 0 Å². The molecule has 0 saturated heterocycles. The molecule has 148 valence electrons. The van der Waals surface area contributed by atoms with Gasteiger partial charge in [-0.15, -0.1) is 0 Å². The Bertz CT molecular complexity index is 1220. The zero-order valence-electron chi connectivity index (χ0n) is 16.6. The molecule has 1 aromatic heterocycles. The molecule has 0 spiro atoms. The van der Waals surface area contributed by atoms with E-state index in [2.05, 4.69) is 31.0 Å². The highest BCUT2D eigenvalue weighted by molar-refractivity contribution is 7.89. The van der Waals surface area contributed by atoms with Gasteiger partial charge in [-0.3, -0.25) is 4.79 Å². The third kappa shape index (κ3) is 3.67. The number of carbonyl (C=O) groups is 1. The highest BCUT2D eigenvalue weighted by Crippen LogP contribution is 2.22. The molecule has 0 N–H and O–H groups in total. The molecule has 0 aliphatic rings. The van der Waals surface area contributed by atoms with Crippen LogP contribution in [0.5, 0.6) is 0 Å². The van der Waals surface area contributed by atoms with Gasteiger partial charge in [-0.25, -0.2) is 12.7 Å². The fourth-order valence-corrected chi connectivity index (χ4v) is 4.92. The fraction of sp³-hybridized carbons (Fsp3) is 0.300. The van der Waals surface area contributed by atoms with E-state index in [9.17, 15) is 13.2 Å². The van der Waals surface area contributed by atoms with Gasteiger partial charge in [0.15, 0.2) is 4.80 Å². The van der Waals surface area contributed by atoms with Crippen molar-refractivity contribution in [3.05, 3.63) is 57.9 Å². The van der Waals surface area contributed by atoms with Crippen molar-refractivity contribution in [1.82, 2.24) is 8.87 Å². The summed E-state index contributed by atoms with van der Waals surface area (Å²) in [5, 5.41) is 0. The van der Waals surface area contributed by atoms with Gasteiger partial charge in [-0.05, 0) is 68.3 Å². The molecule has 28 heavy (non-hydrogen) atoms. The Morgan fingerprint density at radius 2 is 1.71 bits per heavy atom. The van der Waals surface area contributed by atoms with E-state index < -0.39 is 15.9 Å². The molecule has 0 atom stereocenters. The Morgan fingerprint density at radius 3 is 2.29 bits per heavy atom.